The summed E-state index contributed by atoms with van der Waals surface area (Å²) >= 11 is 3.58. The van der Waals surface area contributed by atoms with E-state index in [2.05, 4.69) is 44.4 Å². The highest BCUT2D eigenvalue weighted by atomic mass is 32.1. The topological polar surface area (TPSA) is 20.9 Å². The molecule has 0 aliphatic heterocycles. The number of rotatable bonds is 3. The van der Waals surface area contributed by atoms with Crippen molar-refractivity contribution in [1.82, 2.24) is 0 Å². The number of Topliss-reactive ketones (excluding diaryl/α,β-unsaturated/α-hetero) is 1. The molecule has 0 amide bonds. The van der Waals surface area contributed by atoms with Crippen molar-refractivity contribution in [2.75, 3.05) is 0 Å². The van der Waals surface area contributed by atoms with Gasteiger partial charge < -0.3 is 0 Å². The van der Waals surface area contributed by atoms with Gasteiger partial charge in [-0.2, -0.15) is 4.57 Å². The fourth-order valence-electron chi connectivity index (χ4n) is 3.91. The van der Waals surface area contributed by atoms with Crippen molar-refractivity contribution in [3.8, 4) is 0 Å². The molecule has 1 unspecified atom stereocenters. The predicted molar refractivity (Wildman–Crippen MR) is 110 cm³/mol. The molecule has 0 saturated heterocycles. The molecule has 0 saturated carbocycles. The van der Waals surface area contributed by atoms with Crippen molar-refractivity contribution >= 4 is 39.6 Å². The Morgan fingerprint density at radius 2 is 1.46 bits per heavy atom. The Hall–Kier alpha value is -2.04. The fourth-order valence-corrected chi connectivity index (χ4v) is 5.80. The molecule has 1 atom stereocenters. The Labute approximate surface area is 162 Å². The SMILES string of the molecule is Cc1cc(C2=C(c3cc(C)sc3C)C(=O)C([n+]3ccccc3)C2)c(C)s1. The number of carbonyl (C=O) groups excluding carboxylic acids is 1. The molecule has 2 nitrogen and oxygen atoms in total. The van der Waals surface area contributed by atoms with E-state index in [1.807, 2.05) is 41.9 Å². The molecule has 0 radical (unpaired) electrons. The molecule has 0 spiro atoms. The lowest BCUT2D eigenvalue weighted by Crippen LogP contribution is -2.41. The van der Waals surface area contributed by atoms with Crippen molar-refractivity contribution in [3.63, 3.8) is 0 Å². The molecule has 0 fully saturated rings. The van der Waals surface area contributed by atoms with Gasteiger partial charge in [0.05, 0.1) is 0 Å². The quantitative estimate of drug-likeness (QED) is 0.553. The van der Waals surface area contributed by atoms with Crippen LogP contribution in [0.2, 0.25) is 0 Å². The standard InChI is InChI=1S/C22H22NOS2/c1-13-10-17(15(3)25-13)19-12-20(23-8-6-5-7-9-23)22(24)21(19)18-11-14(2)26-16(18)4/h5-11,20H,12H2,1-4H3/q+1. The van der Waals surface area contributed by atoms with Crippen LogP contribution in [0.4, 0.5) is 0 Å². The maximum absolute atomic E-state index is 13.5. The minimum atomic E-state index is -0.152. The second-order valence-electron chi connectivity index (χ2n) is 6.91. The van der Waals surface area contributed by atoms with Crippen LogP contribution in [-0.4, -0.2) is 5.78 Å². The predicted octanol–water partition coefficient (Wildman–Crippen LogP) is 5.46. The van der Waals surface area contributed by atoms with Crippen LogP contribution in [0.3, 0.4) is 0 Å². The molecule has 0 bridgehead atoms. The first-order valence-electron chi connectivity index (χ1n) is 8.83. The molecule has 4 heteroatoms. The van der Waals surface area contributed by atoms with Crippen molar-refractivity contribution in [2.45, 2.75) is 40.2 Å². The Bertz CT molecular complexity index is 1020. The summed E-state index contributed by atoms with van der Waals surface area (Å²) in [6, 6.07) is 10.2. The van der Waals surface area contributed by atoms with Crippen LogP contribution in [0.5, 0.6) is 0 Å². The Balaban J connectivity index is 1.90. The highest BCUT2D eigenvalue weighted by Gasteiger charge is 2.41. The minimum absolute atomic E-state index is 0.152. The third-order valence-corrected chi connectivity index (χ3v) is 6.96. The Kier molecular flexibility index (Phi) is 4.41. The average molecular weight is 381 g/mol. The number of hydrogen-bond donors (Lipinski definition) is 0. The van der Waals surface area contributed by atoms with Gasteiger partial charge in [-0.3, -0.25) is 4.79 Å². The normalized spacial score (nSPS) is 17.4. The van der Waals surface area contributed by atoms with Gasteiger partial charge in [0.2, 0.25) is 11.8 Å². The summed E-state index contributed by atoms with van der Waals surface area (Å²) in [5.41, 5.74) is 4.50. The molecule has 1 aliphatic rings. The molecular formula is C22H22NOS2+. The first-order chi connectivity index (χ1) is 12.5. The largest absolute Gasteiger partial charge is 0.287 e. The van der Waals surface area contributed by atoms with Crippen molar-refractivity contribution < 1.29 is 9.36 Å². The molecule has 0 aromatic carbocycles. The molecule has 3 aromatic heterocycles. The van der Waals surface area contributed by atoms with E-state index in [0.717, 1.165) is 17.6 Å². The van der Waals surface area contributed by atoms with E-state index in [-0.39, 0.29) is 11.8 Å². The van der Waals surface area contributed by atoms with Crippen molar-refractivity contribution in [3.05, 3.63) is 73.4 Å². The zero-order valence-electron chi connectivity index (χ0n) is 15.5. The number of aromatic nitrogens is 1. The molecule has 1 aliphatic carbocycles. The summed E-state index contributed by atoms with van der Waals surface area (Å²) in [7, 11) is 0. The maximum Gasteiger partial charge on any atom is 0.231 e. The van der Waals surface area contributed by atoms with Gasteiger partial charge in [-0.1, -0.05) is 6.07 Å². The summed E-state index contributed by atoms with van der Waals surface area (Å²) in [5, 5.41) is 0. The van der Waals surface area contributed by atoms with Gasteiger partial charge in [0.15, 0.2) is 12.4 Å². The van der Waals surface area contributed by atoms with Crippen LogP contribution in [0.15, 0.2) is 42.7 Å². The lowest BCUT2D eigenvalue weighted by molar-refractivity contribution is -0.707. The van der Waals surface area contributed by atoms with E-state index in [0.29, 0.717) is 0 Å². The molecule has 3 aromatic rings. The Morgan fingerprint density at radius 3 is 2.00 bits per heavy atom. The number of allylic oxidation sites excluding steroid dienone is 2. The van der Waals surface area contributed by atoms with Crippen LogP contribution in [0.1, 0.15) is 43.1 Å². The van der Waals surface area contributed by atoms with Crippen molar-refractivity contribution in [2.24, 2.45) is 0 Å². The zero-order valence-corrected chi connectivity index (χ0v) is 17.1. The summed E-state index contributed by atoms with van der Waals surface area (Å²) in [4.78, 5) is 18.6. The number of nitrogens with zero attached hydrogens (tertiary/aromatic N) is 1. The second kappa shape index (κ2) is 6.60. The van der Waals surface area contributed by atoms with Crippen molar-refractivity contribution in [1.29, 1.82) is 0 Å². The summed E-state index contributed by atoms with van der Waals surface area (Å²) < 4.78 is 2.05. The number of thiophene rings is 2. The number of aryl methyl sites for hydroxylation is 4. The summed E-state index contributed by atoms with van der Waals surface area (Å²) in [6.45, 7) is 8.54. The fraction of sp³-hybridized carbons (Fsp3) is 0.273. The average Bonchev–Trinajstić information content (AvgIpc) is 3.23. The van der Waals surface area contributed by atoms with Crippen LogP contribution >= 0.6 is 22.7 Å². The lowest BCUT2D eigenvalue weighted by atomic mass is 9.97. The van der Waals surface area contributed by atoms with Crippen LogP contribution in [0, 0.1) is 27.7 Å². The lowest BCUT2D eigenvalue weighted by Gasteiger charge is -2.05. The maximum atomic E-state index is 13.5. The number of ketones is 1. The first kappa shape index (κ1) is 17.4. The molecule has 0 N–H and O–H groups in total. The first-order valence-corrected chi connectivity index (χ1v) is 10.5. The summed E-state index contributed by atoms with van der Waals surface area (Å²) in [6.07, 6.45) is 4.76. The van der Waals surface area contributed by atoms with Gasteiger partial charge in [-0.05, 0) is 56.5 Å². The van der Waals surface area contributed by atoms with Crippen LogP contribution < -0.4 is 4.57 Å². The second-order valence-corrected chi connectivity index (χ2v) is 9.84. The van der Waals surface area contributed by atoms with Gasteiger partial charge in [-0.15, -0.1) is 22.7 Å². The van der Waals surface area contributed by atoms with E-state index < -0.39 is 0 Å². The van der Waals surface area contributed by atoms with Gasteiger partial charge in [0, 0.05) is 43.6 Å². The molecule has 26 heavy (non-hydrogen) atoms. The third kappa shape index (κ3) is 2.87. The van der Waals surface area contributed by atoms with Gasteiger partial charge >= 0.3 is 0 Å². The monoisotopic (exact) mass is 380 g/mol. The molecular weight excluding hydrogens is 358 g/mol. The molecule has 3 heterocycles. The number of carbonyl (C=O) groups is 1. The number of pyridine rings is 1. The van der Waals surface area contributed by atoms with E-state index in [1.54, 1.807) is 11.3 Å². The van der Waals surface area contributed by atoms with E-state index in [4.69, 9.17) is 0 Å². The zero-order chi connectivity index (χ0) is 18.4. The van der Waals surface area contributed by atoms with E-state index in [9.17, 15) is 4.79 Å². The van der Waals surface area contributed by atoms with Crippen LogP contribution in [-0.2, 0) is 4.79 Å². The van der Waals surface area contributed by atoms with E-state index in [1.165, 1.54) is 30.6 Å². The van der Waals surface area contributed by atoms with Gasteiger partial charge in [0.25, 0.3) is 0 Å². The van der Waals surface area contributed by atoms with Gasteiger partial charge in [-0.25, -0.2) is 0 Å². The Morgan fingerprint density at radius 1 is 0.885 bits per heavy atom. The molecule has 132 valence electrons. The summed E-state index contributed by atoms with van der Waals surface area (Å²) in [5.74, 6) is 0.236. The third-order valence-electron chi connectivity index (χ3n) is 5.02. The highest BCUT2D eigenvalue weighted by molar-refractivity contribution is 7.12. The number of hydrogen-bond acceptors (Lipinski definition) is 3. The van der Waals surface area contributed by atoms with Crippen LogP contribution in [0.25, 0.3) is 11.1 Å². The molecule has 4 rings (SSSR count). The van der Waals surface area contributed by atoms with Gasteiger partial charge in [0.1, 0.15) is 0 Å². The smallest absolute Gasteiger partial charge is 0.231 e. The minimum Gasteiger partial charge on any atom is -0.287 e. The highest BCUT2D eigenvalue weighted by Crippen LogP contribution is 2.45. The van der Waals surface area contributed by atoms with E-state index >= 15 is 0 Å².